The maximum absolute atomic E-state index is 13.5. The second-order valence-electron chi connectivity index (χ2n) is 10.1. The topological polar surface area (TPSA) is 67.8 Å². The number of ether oxygens (including phenoxy) is 1. The number of likely N-dealkylation sites (tertiary alicyclic amines) is 1. The van der Waals surface area contributed by atoms with Gasteiger partial charge in [0.25, 0.3) is 0 Å². The van der Waals surface area contributed by atoms with Gasteiger partial charge in [0.2, 0.25) is 0 Å². The molecule has 5 heterocycles. The number of fused-ring (bicyclic) bond motifs is 1. The molecule has 0 bridgehead atoms. The molecule has 4 aromatic heterocycles. The second kappa shape index (κ2) is 12.1. The van der Waals surface area contributed by atoms with E-state index in [0.717, 1.165) is 52.5 Å². The van der Waals surface area contributed by atoms with Crippen molar-refractivity contribution >= 4 is 17.0 Å². The highest BCUT2D eigenvalue weighted by atomic mass is 32.1. The number of hydrogen-bond acceptors (Lipinski definition) is 7. The third-order valence-corrected chi connectivity index (χ3v) is 8.21. The van der Waals surface area contributed by atoms with Crippen molar-refractivity contribution in [2.75, 3.05) is 26.2 Å². The van der Waals surface area contributed by atoms with Gasteiger partial charge < -0.3 is 9.15 Å². The van der Waals surface area contributed by atoms with Gasteiger partial charge in [-0.3, -0.25) is 10.2 Å². The lowest BCUT2D eigenvalue weighted by Gasteiger charge is -2.26. The van der Waals surface area contributed by atoms with Crippen molar-refractivity contribution in [2.24, 2.45) is 0 Å². The molecule has 0 saturated carbocycles. The van der Waals surface area contributed by atoms with Crippen molar-refractivity contribution in [1.82, 2.24) is 24.8 Å². The van der Waals surface area contributed by atoms with Crippen LogP contribution in [0.2, 0.25) is 0 Å². The van der Waals surface area contributed by atoms with E-state index in [1.54, 1.807) is 16.9 Å². The number of nitrogens with one attached hydrogen (secondary N) is 1. The monoisotopic (exact) mass is 581 g/mol. The predicted molar refractivity (Wildman–Crippen MR) is 152 cm³/mol. The molecule has 11 heteroatoms. The lowest BCUT2D eigenvalue weighted by Crippen LogP contribution is -2.33. The maximum atomic E-state index is 13.5. The summed E-state index contributed by atoms with van der Waals surface area (Å²) in [6.07, 6.45) is 6.10. The third-order valence-electron chi connectivity index (χ3n) is 7.27. The molecule has 1 atom stereocenters. The molecule has 0 spiro atoms. The summed E-state index contributed by atoms with van der Waals surface area (Å²) in [5.41, 5.74) is 4.26. The van der Waals surface area contributed by atoms with E-state index in [9.17, 15) is 13.2 Å². The number of aromatic nitrogens is 3. The molecular formula is C30H30F3N5O2S. The van der Waals surface area contributed by atoms with Gasteiger partial charge in [-0.2, -0.15) is 18.3 Å². The van der Waals surface area contributed by atoms with Crippen molar-refractivity contribution in [3.05, 3.63) is 83.3 Å². The third kappa shape index (κ3) is 6.47. The molecule has 0 aliphatic carbocycles. The van der Waals surface area contributed by atoms with Crippen molar-refractivity contribution in [1.29, 1.82) is 0 Å². The van der Waals surface area contributed by atoms with Gasteiger partial charge in [0.05, 0.1) is 12.5 Å². The van der Waals surface area contributed by atoms with Crippen LogP contribution in [0.25, 0.3) is 27.9 Å². The number of benzene rings is 1. The zero-order valence-electron chi connectivity index (χ0n) is 22.3. The lowest BCUT2D eigenvalue weighted by atomic mass is 10.1. The molecule has 1 aliphatic rings. The molecular weight excluding hydrogens is 551 g/mol. The molecule has 1 aliphatic heterocycles. The molecule has 214 valence electrons. The van der Waals surface area contributed by atoms with Crippen LogP contribution in [0.3, 0.4) is 0 Å². The highest BCUT2D eigenvalue weighted by molar-refractivity contribution is 7.10. The Morgan fingerprint density at radius 3 is 2.61 bits per heavy atom. The number of nitrogens with zero attached hydrogens (tertiary/aromatic N) is 4. The van der Waals surface area contributed by atoms with E-state index in [1.165, 1.54) is 49.0 Å². The van der Waals surface area contributed by atoms with Crippen molar-refractivity contribution in [2.45, 2.75) is 38.0 Å². The average Bonchev–Trinajstić information content (AvgIpc) is 3.75. The van der Waals surface area contributed by atoms with Crippen molar-refractivity contribution in [3.8, 4) is 28.0 Å². The fourth-order valence-electron chi connectivity index (χ4n) is 5.10. The van der Waals surface area contributed by atoms with Gasteiger partial charge >= 0.3 is 6.18 Å². The van der Waals surface area contributed by atoms with Crippen LogP contribution in [0.15, 0.2) is 77.1 Å². The minimum absolute atomic E-state index is 0.0459. The first-order valence-corrected chi connectivity index (χ1v) is 14.5. The van der Waals surface area contributed by atoms with E-state index in [1.807, 2.05) is 41.9 Å². The summed E-state index contributed by atoms with van der Waals surface area (Å²) in [5, 5.41) is 8.97. The molecule has 41 heavy (non-hydrogen) atoms. The largest absolute Gasteiger partial charge is 0.492 e. The number of furan rings is 1. The van der Waals surface area contributed by atoms with Crippen LogP contribution in [0.1, 0.15) is 35.9 Å². The molecule has 0 radical (unpaired) electrons. The smallest absolute Gasteiger partial charge is 0.411 e. The van der Waals surface area contributed by atoms with Crippen LogP contribution in [0, 0.1) is 0 Å². The van der Waals surface area contributed by atoms with E-state index in [2.05, 4.69) is 20.3 Å². The number of piperidine rings is 1. The normalized spacial score (nSPS) is 15.4. The van der Waals surface area contributed by atoms with E-state index >= 15 is 0 Å². The molecule has 1 fully saturated rings. The first kappa shape index (κ1) is 27.5. The summed E-state index contributed by atoms with van der Waals surface area (Å²) < 4.78 is 53.3. The zero-order valence-corrected chi connectivity index (χ0v) is 23.1. The van der Waals surface area contributed by atoms with Gasteiger partial charge in [-0.15, -0.1) is 11.3 Å². The van der Waals surface area contributed by atoms with E-state index in [4.69, 9.17) is 9.15 Å². The van der Waals surface area contributed by atoms with Crippen LogP contribution in [0.4, 0.5) is 13.2 Å². The van der Waals surface area contributed by atoms with Gasteiger partial charge in [0.15, 0.2) is 11.7 Å². The summed E-state index contributed by atoms with van der Waals surface area (Å²) in [6.45, 7) is 3.99. The molecule has 0 amide bonds. The second-order valence-corrected chi connectivity index (χ2v) is 11.1. The number of halogens is 3. The Labute approximate surface area is 239 Å². The fourth-order valence-corrected chi connectivity index (χ4v) is 5.93. The van der Waals surface area contributed by atoms with Gasteiger partial charge in [-0.05, 0) is 72.8 Å². The minimum atomic E-state index is -4.47. The van der Waals surface area contributed by atoms with Crippen LogP contribution >= 0.6 is 11.3 Å². The van der Waals surface area contributed by atoms with Crippen LogP contribution in [0.5, 0.6) is 5.75 Å². The Morgan fingerprint density at radius 1 is 1.02 bits per heavy atom. The molecule has 7 nitrogen and oxygen atoms in total. The van der Waals surface area contributed by atoms with Crippen molar-refractivity contribution in [3.63, 3.8) is 0 Å². The Bertz CT molecular complexity index is 1560. The highest BCUT2D eigenvalue weighted by Gasteiger charge is 2.42. The summed E-state index contributed by atoms with van der Waals surface area (Å²) in [4.78, 5) is 7.87. The fraction of sp³-hybridized carbons (Fsp3) is 0.333. The Kier molecular flexibility index (Phi) is 8.09. The van der Waals surface area contributed by atoms with Gasteiger partial charge in [0.1, 0.15) is 18.1 Å². The first-order valence-electron chi connectivity index (χ1n) is 13.6. The van der Waals surface area contributed by atoms with Crippen molar-refractivity contribution < 1.29 is 22.3 Å². The zero-order chi connectivity index (χ0) is 28.2. The molecule has 1 aromatic carbocycles. The van der Waals surface area contributed by atoms with E-state index in [-0.39, 0.29) is 12.3 Å². The van der Waals surface area contributed by atoms with Crippen LogP contribution in [-0.4, -0.2) is 51.9 Å². The predicted octanol–water partition coefficient (Wildman–Crippen LogP) is 6.98. The van der Waals surface area contributed by atoms with E-state index in [0.29, 0.717) is 12.3 Å². The molecule has 6 rings (SSSR count). The average molecular weight is 582 g/mol. The van der Waals surface area contributed by atoms with Gasteiger partial charge in [0, 0.05) is 41.5 Å². The summed E-state index contributed by atoms with van der Waals surface area (Å²) >= 11 is 1.38. The Balaban J connectivity index is 1.10. The summed E-state index contributed by atoms with van der Waals surface area (Å²) in [5.74, 6) is 0.682. The minimum Gasteiger partial charge on any atom is -0.492 e. The van der Waals surface area contributed by atoms with Crippen LogP contribution < -0.4 is 10.1 Å². The first-order chi connectivity index (χ1) is 19.9. The van der Waals surface area contributed by atoms with Gasteiger partial charge in [-0.1, -0.05) is 18.6 Å². The number of alkyl halides is 3. The quantitative estimate of drug-likeness (QED) is 0.192. The number of thiophene rings is 1. The highest BCUT2D eigenvalue weighted by Crippen LogP contribution is 2.34. The van der Waals surface area contributed by atoms with E-state index < -0.39 is 12.2 Å². The molecule has 1 saturated heterocycles. The standard InChI is InChI=1S/C30H30F3N5O2S/c31-30(32,33)28(27-5-4-13-40-27)34-17-25-15-22(20-41-25)26-18-36-38-19-23(16-35-29(26)38)21-6-8-24(9-7-21)39-14-12-37-10-2-1-3-11-37/h4-9,13,15-16,18-20,28,34H,1-3,10-12,14,17H2. The lowest BCUT2D eigenvalue weighted by molar-refractivity contribution is -0.161. The molecule has 1 N–H and O–H groups in total. The number of rotatable bonds is 10. The SMILES string of the molecule is FC(F)(F)C(NCc1cc(-c2cnn3cc(-c4ccc(OCCN5CCCCC5)cc4)cnc23)cs1)c1ccco1. The van der Waals surface area contributed by atoms with Crippen LogP contribution in [-0.2, 0) is 6.54 Å². The molecule has 5 aromatic rings. The Hall–Kier alpha value is -3.67. The molecule has 1 unspecified atom stereocenters. The van der Waals surface area contributed by atoms with Gasteiger partial charge in [-0.25, -0.2) is 9.50 Å². The summed E-state index contributed by atoms with van der Waals surface area (Å²) in [6, 6.07) is 10.7. The maximum Gasteiger partial charge on any atom is 0.411 e. The Morgan fingerprint density at radius 2 is 1.85 bits per heavy atom. The summed E-state index contributed by atoms with van der Waals surface area (Å²) in [7, 11) is 0. The number of hydrogen-bond donors (Lipinski definition) is 1.